The highest BCUT2D eigenvalue weighted by Crippen LogP contribution is 2.22. The predicted molar refractivity (Wildman–Crippen MR) is 129 cm³/mol. The van der Waals surface area contributed by atoms with E-state index in [0.29, 0.717) is 24.8 Å². The average Bonchev–Trinajstić information content (AvgIpc) is 2.71. The molecule has 0 radical (unpaired) electrons. The number of nitrogens with zero attached hydrogens (tertiary/aromatic N) is 2. The Morgan fingerprint density at radius 3 is 2.79 bits per heavy atom. The van der Waals surface area contributed by atoms with Gasteiger partial charge in [-0.3, -0.25) is 14.2 Å². The van der Waals surface area contributed by atoms with Crippen LogP contribution in [0.4, 0.5) is 0 Å². The van der Waals surface area contributed by atoms with Gasteiger partial charge < -0.3 is 10.6 Å². The van der Waals surface area contributed by atoms with Gasteiger partial charge in [-0.25, -0.2) is 13.1 Å². The fraction of sp³-hybridized carbons (Fsp3) is 0.667. The molecule has 11 heteroatoms. The van der Waals surface area contributed by atoms with Crippen LogP contribution < -0.4 is 15.4 Å². The number of aliphatic imine (C=N–C) groups is 1. The first kappa shape index (κ1) is 26.2. The molecule has 1 fully saturated rings. The predicted octanol–water partition coefficient (Wildman–Crippen LogP) is 1.61. The molecule has 1 aromatic rings. The number of sulfonamides is 1. The van der Waals surface area contributed by atoms with Crippen molar-refractivity contribution in [2.24, 2.45) is 4.99 Å². The Labute approximate surface area is 193 Å². The number of pyridine rings is 1. The van der Waals surface area contributed by atoms with E-state index in [1.807, 2.05) is 13.8 Å². The monoisotopic (exact) mass is 557 g/mol. The lowest BCUT2D eigenvalue weighted by atomic mass is 9.95. The molecule has 1 aromatic heterocycles. The molecule has 1 aliphatic rings. The van der Waals surface area contributed by atoms with Gasteiger partial charge in [0.25, 0.3) is 0 Å². The summed E-state index contributed by atoms with van der Waals surface area (Å²) < 4.78 is 39.0. The van der Waals surface area contributed by atoms with Gasteiger partial charge in [0.2, 0.25) is 10.0 Å². The van der Waals surface area contributed by atoms with Crippen molar-refractivity contribution in [3.63, 3.8) is 0 Å². The quantitative estimate of drug-likeness (QED) is 0.184. The lowest BCUT2D eigenvalue weighted by Crippen LogP contribution is -2.47. The first-order chi connectivity index (χ1) is 13.5. The van der Waals surface area contributed by atoms with E-state index in [9.17, 15) is 12.6 Å². The van der Waals surface area contributed by atoms with Crippen LogP contribution in [0.15, 0.2) is 34.4 Å². The normalized spacial score (nSPS) is 21.1. The Balaban J connectivity index is 0.00000420. The number of nitrogens with one attached hydrogen (secondary N) is 3. The summed E-state index contributed by atoms with van der Waals surface area (Å²) in [4.78, 5) is 8.44. The number of guanidine groups is 1. The molecule has 2 rings (SSSR count). The van der Waals surface area contributed by atoms with Crippen molar-refractivity contribution in [1.29, 1.82) is 0 Å². The van der Waals surface area contributed by atoms with Gasteiger partial charge in [0, 0.05) is 53.3 Å². The molecule has 0 amide bonds. The van der Waals surface area contributed by atoms with Crippen LogP contribution in [0.5, 0.6) is 0 Å². The molecule has 0 aromatic carbocycles. The van der Waals surface area contributed by atoms with E-state index in [-0.39, 0.29) is 46.7 Å². The van der Waals surface area contributed by atoms with Crippen molar-refractivity contribution >= 4 is 50.8 Å². The molecule has 0 bridgehead atoms. The fourth-order valence-electron chi connectivity index (χ4n) is 3.20. The summed E-state index contributed by atoms with van der Waals surface area (Å²) in [5, 5.41) is 6.85. The molecule has 1 saturated carbocycles. The molecule has 0 spiro atoms. The van der Waals surface area contributed by atoms with Crippen LogP contribution in [0.1, 0.15) is 39.5 Å². The minimum atomic E-state index is -3.57. The molecular formula is C18H32IN5O3S2. The van der Waals surface area contributed by atoms with Crippen molar-refractivity contribution in [2.45, 2.75) is 55.7 Å². The second-order valence-electron chi connectivity index (χ2n) is 6.65. The zero-order valence-corrected chi connectivity index (χ0v) is 20.9. The summed E-state index contributed by atoms with van der Waals surface area (Å²) in [5.74, 6) is 1.36. The van der Waals surface area contributed by atoms with Gasteiger partial charge in [0.05, 0.1) is 6.54 Å². The van der Waals surface area contributed by atoms with Gasteiger partial charge in [-0.15, -0.1) is 24.0 Å². The van der Waals surface area contributed by atoms with Crippen LogP contribution in [0.2, 0.25) is 0 Å². The summed E-state index contributed by atoms with van der Waals surface area (Å²) >= 11 is 0. The van der Waals surface area contributed by atoms with E-state index in [1.165, 1.54) is 18.5 Å². The maximum absolute atomic E-state index is 12.2. The van der Waals surface area contributed by atoms with Gasteiger partial charge in [-0.1, -0.05) is 13.3 Å². The first-order valence-corrected chi connectivity index (χ1v) is 12.6. The van der Waals surface area contributed by atoms with Gasteiger partial charge in [0.15, 0.2) is 5.96 Å². The van der Waals surface area contributed by atoms with E-state index in [0.717, 1.165) is 25.7 Å². The Morgan fingerprint density at radius 1 is 1.34 bits per heavy atom. The highest BCUT2D eigenvalue weighted by atomic mass is 127. The van der Waals surface area contributed by atoms with E-state index < -0.39 is 20.8 Å². The molecule has 3 N–H and O–H groups in total. The average molecular weight is 558 g/mol. The Bertz CT molecular complexity index is 762. The largest absolute Gasteiger partial charge is 0.357 e. The third kappa shape index (κ3) is 8.85. The first-order valence-electron chi connectivity index (χ1n) is 9.78. The van der Waals surface area contributed by atoms with E-state index in [1.54, 1.807) is 6.07 Å². The summed E-state index contributed by atoms with van der Waals surface area (Å²) in [6.45, 7) is 5.17. The van der Waals surface area contributed by atoms with Crippen molar-refractivity contribution in [2.75, 3.05) is 25.4 Å². The summed E-state index contributed by atoms with van der Waals surface area (Å²) in [5.41, 5.74) is 0. The molecule has 29 heavy (non-hydrogen) atoms. The van der Waals surface area contributed by atoms with Gasteiger partial charge in [-0.2, -0.15) is 0 Å². The van der Waals surface area contributed by atoms with E-state index in [4.69, 9.17) is 0 Å². The fourth-order valence-corrected chi connectivity index (χ4v) is 5.53. The number of rotatable bonds is 9. The number of hydrogen-bond donors (Lipinski definition) is 3. The van der Waals surface area contributed by atoms with Crippen LogP contribution in [-0.4, -0.2) is 60.2 Å². The molecule has 1 aliphatic carbocycles. The van der Waals surface area contributed by atoms with Gasteiger partial charge in [0.1, 0.15) is 4.90 Å². The third-order valence-corrected chi connectivity index (χ3v) is 7.77. The minimum absolute atomic E-state index is 0. The lowest BCUT2D eigenvalue weighted by Gasteiger charge is -2.30. The zero-order valence-electron chi connectivity index (χ0n) is 17.0. The molecule has 0 aliphatic heterocycles. The third-order valence-electron chi connectivity index (χ3n) is 4.59. The number of aromatic nitrogens is 1. The maximum atomic E-state index is 12.2. The van der Waals surface area contributed by atoms with Crippen LogP contribution in [-0.2, 0) is 20.8 Å². The highest BCUT2D eigenvalue weighted by Gasteiger charge is 2.26. The molecule has 1 heterocycles. The molecule has 3 atom stereocenters. The molecule has 0 saturated heterocycles. The minimum Gasteiger partial charge on any atom is -0.357 e. The maximum Gasteiger partial charge on any atom is 0.242 e. The lowest BCUT2D eigenvalue weighted by molar-refractivity contribution is 0.413. The number of halogens is 1. The zero-order chi connectivity index (χ0) is 20.4. The molecule has 8 nitrogen and oxygen atoms in total. The second-order valence-corrected chi connectivity index (χ2v) is 10.4. The van der Waals surface area contributed by atoms with Gasteiger partial charge >= 0.3 is 0 Å². The topological polar surface area (TPSA) is 113 Å². The van der Waals surface area contributed by atoms with Crippen molar-refractivity contribution in [3.05, 3.63) is 24.5 Å². The Hall–Kier alpha value is -0.790. The standard InChI is InChI=1S/C18H31N5O3S2.HI/c1-3-20-18(23-15-7-5-8-16(13-15)27(24)4-2)21-11-12-22-28(25,26)17-9-6-10-19-14-17;/h6,9-10,14-16,22H,3-5,7-8,11-13H2,1-2H3,(H2,20,21,23);1H. The van der Waals surface area contributed by atoms with Gasteiger partial charge in [-0.05, 0) is 38.3 Å². The van der Waals surface area contributed by atoms with Crippen LogP contribution in [0.25, 0.3) is 0 Å². The summed E-state index contributed by atoms with van der Waals surface area (Å²) in [6, 6.07) is 3.33. The van der Waals surface area contributed by atoms with Crippen molar-refractivity contribution in [1.82, 2.24) is 20.3 Å². The molecule has 3 unspecified atom stereocenters. The number of hydrogen-bond acceptors (Lipinski definition) is 5. The van der Waals surface area contributed by atoms with Crippen LogP contribution in [0.3, 0.4) is 0 Å². The van der Waals surface area contributed by atoms with E-state index in [2.05, 4.69) is 25.3 Å². The Morgan fingerprint density at radius 2 is 2.14 bits per heavy atom. The van der Waals surface area contributed by atoms with Crippen molar-refractivity contribution < 1.29 is 12.6 Å². The smallest absolute Gasteiger partial charge is 0.242 e. The summed E-state index contributed by atoms with van der Waals surface area (Å²) in [6.07, 6.45) is 6.81. The highest BCUT2D eigenvalue weighted by molar-refractivity contribution is 14.0. The Kier molecular flexibility index (Phi) is 12.2. The van der Waals surface area contributed by atoms with Crippen LogP contribution >= 0.6 is 24.0 Å². The summed E-state index contributed by atoms with van der Waals surface area (Å²) in [7, 11) is -4.34. The SMILES string of the molecule is CCNC(=NCCNS(=O)(=O)c1cccnc1)NC1CCCC(S(=O)CC)C1.I. The van der Waals surface area contributed by atoms with Crippen molar-refractivity contribution in [3.8, 4) is 0 Å². The molecular weight excluding hydrogens is 525 g/mol. The van der Waals surface area contributed by atoms with Crippen LogP contribution in [0, 0.1) is 0 Å². The molecule has 166 valence electrons. The van der Waals surface area contributed by atoms with E-state index >= 15 is 0 Å². The second kappa shape index (κ2) is 13.5.